The molecule has 0 radical (unpaired) electrons. The van der Waals surface area contributed by atoms with Crippen molar-refractivity contribution in [3.8, 4) is 5.82 Å². The number of pyridine rings is 2. The molecule has 4 rings (SSSR count). The topological polar surface area (TPSA) is 85.5 Å². The van der Waals surface area contributed by atoms with Crippen LogP contribution in [0.15, 0.2) is 41.2 Å². The number of fused-ring (bicyclic) bond motifs is 1. The highest BCUT2D eigenvalue weighted by atomic mass is 32.2. The fraction of sp³-hybridized carbons (Fsp3) is 0.389. The fourth-order valence-corrected chi connectivity index (χ4v) is 3.72. The van der Waals surface area contributed by atoms with Crippen molar-refractivity contribution in [3.63, 3.8) is 0 Å². The molecule has 3 aromatic heterocycles. The SMILES string of the molecule is C[C@@H]1COCCN1c1cc(N=S(C)(C)=O)nc(-n2cnc3cccnc32)c1. The highest BCUT2D eigenvalue weighted by Gasteiger charge is 2.21. The van der Waals surface area contributed by atoms with E-state index in [1.807, 2.05) is 28.8 Å². The summed E-state index contributed by atoms with van der Waals surface area (Å²) in [5.74, 6) is 1.09. The van der Waals surface area contributed by atoms with E-state index in [4.69, 9.17) is 4.74 Å². The van der Waals surface area contributed by atoms with Gasteiger partial charge in [0.25, 0.3) is 0 Å². The minimum Gasteiger partial charge on any atom is -0.377 e. The molecule has 1 aliphatic rings. The first-order valence-corrected chi connectivity index (χ1v) is 11.1. The van der Waals surface area contributed by atoms with Crippen molar-refractivity contribution in [1.29, 1.82) is 0 Å². The van der Waals surface area contributed by atoms with Gasteiger partial charge in [-0.15, -0.1) is 0 Å². The second-order valence-electron chi connectivity index (χ2n) is 6.89. The summed E-state index contributed by atoms with van der Waals surface area (Å²) in [7, 11) is -2.34. The first kappa shape index (κ1) is 17.9. The number of rotatable bonds is 3. The van der Waals surface area contributed by atoms with Crippen LogP contribution in [0.1, 0.15) is 6.92 Å². The van der Waals surface area contributed by atoms with Crippen molar-refractivity contribution in [2.24, 2.45) is 4.36 Å². The lowest BCUT2D eigenvalue weighted by atomic mass is 10.2. The number of hydrogen-bond donors (Lipinski definition) is 0. The number of hydrogen-bond acceptors (Lipinski definition) is 7. The third-order valence-corrected chi connectivity index (χ3v) is 4.98. The number of nitrogens with zero attached hydrogens (tertiary/aromatic N) is 6. The van der Waals surface area contributed by atoms with Gasteiger partial charge in [0.2, 0.25) is 0 Å². The molecular weight excluding hydrogens is 364 g/mol. The van der Waals surface area contributed by atoms with Crippen LogP contribution in [0.5, 0.6) is 0 Å². The maximum atomic E-state index is 12.2. The van der Waals surface area contributed by atoms with Gasteiger partial charge in [-0.25, -0.2) is 19.2 Å². The highest BCUT2D eigenvalue weighted by molar-refractivity contribution is 7.92. The summed E-state index contributed by atoms with van der Waals surface area (Å²) in [6, 6.07) is 7.85. The molecule has 0 aromatic carbocycles. The number of aromatic nitrogens is 4. The molecule has 8 nitrogen and oxygen atoms in total. The smallest absolute Gasteiger partial charge is 0.165 e. The molecule has 0 spiro atoms. The zero-order chi connectivity index (χ0) is 19.0. The maximum Gasteiger partial charge on any atom is 0.165 e. The molecule has 1 aliphatic heterocycles. The van der Waals surface area contributed by atoms with E-state index in [2.05, 4.69) is 31.1 Å². The van der Waals surface area contributed by atoms with Crippen molar-refractivity contribution < 1.29 is 8.95 Å². The summed E-state index contributed by atoms with van der Waals surface area (Å²) in [5.41, 5.74) is 2.48. The molecule has 1 atom stereocenters. The first-order chi connectivity index (χ1) is 12.9. The number of ether oxygens (including phenoxy) is 1. The van der Waals surface area contributed by atoms with Crippen molar-refractivity contribution in [3.05, 3.63) is 36.8 Å². The van der Waals surface area contributed by atoms with Gasteiger partial charge in [-0.2, -0.15) is 4.36 Å². The Hall–Kier alpha value is -2.52. The van der Waals surface area contributed by atoms with E-state index in [-0.39, 0.29) is 6.04 Å². The van der Waals surface area contributed by atoms with E-state index in [1.165, 1.54) is 0 Å². The quantitative estimate of drug-likeness (QED) is 0.687. The molecule has 9 heteroatoms. The van der Waals surface area contributed by atoms with Crippen LogP contribution in [0.4, 0.5) is 11.5 Å². The van der Waals surface area contributed by atoms with E-state index in [1.54, 1.807) is 25.0 Å². The summed E-state index contributed by atoms with van der Waals surface area (Å²) >= 11 is 0. The predicted molar refractivity (Wildman–Crippen MR) is 106 cm³/mol. The molecular formula is C18H22N6O2S. The normalized spacial score (nSPS) is 18.0. The van der Waals surface area contributed by atoms with Crippen molar-refractivity contribution in [2.45, 2.75) is 13.0 Å². The van der Waals surface area contributed by atoms with Crippen molar-refractivity contribution in [1.82, 2.24) is 19.5 Å². The fourth-order valence-electron chi connectivity index (χ4n) is 3.18. The third kappa shape index (κ3) is 3.79. The van der Waals surface area contributed by atoms with Gasteiger partial charge in [0.15, 0.2) is 11.5 Å². The molecule has 0 unspecified atom stereocenters. The van der Waals surface area contributed by atoms with Gasteiger partial charge in [0, 0.05) is 58.8 Å². The standard InChI is InChI=1S/C18H22N6O2S/c1-13-11-26-8-7-23(13)14-9-16(22-27(2,3)25)21-17(10-14)24-12-20-15-5-4-6-19-18(15)24/h4-6,9-10,12-13H,7-8,11H2,1-3H3/t13-/m1/s1. The molecule has 0 saturated carbocycles. The van der Waals surface area contributed by atoms with E-state index in [0.29, 0.717) is 24.8 Å². The van der Waals surface area contributed by atoms with Crippen LogP contribution in [-0.4, -0.2) is 62.0 Å². The van der Waals surface area contributed by atoms with Crippen LogP contribution in [0, 0.1) is 0 Å². The van der Waals surface area contributed by atoms with Gasteiger partial charge in [-0.1, -0.05) is 0 Å². The van der Waals surface area contributed by atoms with Crippen LogP contribution in [0.3, 0.4) is 0 Å². The first-order valence-electron chi connectivity index (χ1n) is 8.73. The molecule has 0 amide bonds. The highest BCUT2D eigenvalue weighted by Crippen LogP contribution is 2.28. The van der Waals surface area contributed by atoms with Gasteiger partial charge in [0.1, 0.15) is 17.7 Å². The van der Waals surface area contributed by atoms with Crippen molar-refractivity contribution >= 4 is 32.4 Å². The zero-order valence-corrected chi connectivity index (χ0v) is 16.4. The minimum absolute atomic E-state index is 0.229. The summed E-state index contributed by atoms with van der Waals surface area (Å²) in [5, 5.41) is 0. The largest absolute Gasteiger partial charge is 0.377 e. The Bertz CT molecular complexity index is 1090. The molecule has 0 bridgehead atoms. The Morgan fingerprint density at radius 1 is 1.30 bits per heavy atom. The van der Waals surface area contributed by atoms with E-state index >= 15 is 0 Å². The molecule has 3 aromatic rings. The van der Waals surface area contributed by atoms with E-state index in [0.717, 1.165) is 23.4 Å². The number of imidazole rings is 1. The van der Waals surface area contributed by atoms with Gasteiger partial charge in [0.05, 0.1) is 13.2 Å². The van der Waals surface area contributed by atoms with Crippen LogP contribution in [0.25, 0.3) is 17.0 Å². The summed E-state index contributed by atoms with van der Waals surface area (Å²) in [4.78, 5) is 15.7. The summed E-state index contributed by atoms with van der Waals surface area (Å²) in [6.07, 6.45) is 6.63. The van der Waals surface area contributed by atoms with Crippen LogP contribution in [-0.2, 0) is 14.5 Å². The second-order valence-corrected chi connectivity index (χ2v) is 9.44. The summed E-state index contributed by atoms with van der Waals surface area (Å²) in [6.45, 7) is 4.23. The Kier molecular flexibility index (Phi) is 4.56. The molecule has 1 fully saturated rings. The average Bonchev–Trinajstić information content (AvgIpc) is 3.04. The number of anilines is 1. The molecule has 0 N–H and O–H groups in total. The van der Waals surface area contributed by atoms with Gasteiger partial charge in [-0.05, 0) is 19.1 Å². The molecule has 4 heterocycles. The lowest BCUT2D eigenvalue weighted by molar-refractivity contribution is 0.0989. The maximum absolute atomic E-state index is 12.2. The van der Waals surface area contributed by atoms with E-state index < -0.39 is 9.73 Å². The lowest BCUT2D eigenvalue weighted by Crippen LogP contribution is -2.43. The Labute approximate surface area is 158 Å². The minimum atomic E-state index is -2.34. The zero-order valence-electron chi connectivity index (χ0n) is 15.6. The monoisotopic (exact) mass is 386 g/mol. The Balaban J connectivity index is 1.89. The molecule has 142 valence electrons. The Morgan fingerprint density at radius 2 is 2.15 bits per heavy atom. The second kappa shape index (κ2) is 6.90. The average molecular weight is 386 g/mol. The molecule has 27 heavy (non-hydrogen) atoms. The lowest BCUT2D eigenvalue weighted by Gasteiger charge is -2.35. The van der Waals surface area contributed by atoms with Crippen LogP contribution >= 0.6 is 0 Å². The Morgan fingerprint density at radius 3 is 2.93 bits per heavy atom. The van der Waals surface area contributed by atoms with E-state index in [9.17, 15) is 4.21 Å². The van der Waals surface area contributed by atoms with Crippen LogP contribution in [0.2, 0.25) is 0 Å². The number of morpholine rings is 1. The molecule has 0 aliphatic carbocycles. The third-order valence-electron chi connectivity index (χ3n) is 4.35. The predicted octanol–water partition coefficient (Wildman–Crippen LogP) is 2.40. The van der Waals surface area contributed by atoms with Gasteiger partial charge < -0.3 is 9.64 Å². The van der Waals surface area contributed by atoms with Gasteiger partial charge >= 0.3 is 0 Å². The van der Waals surface area contributed by atoms with Gasteiger partial charge in [-0.3, -0.25) is 4.57 Å². The van der Waals surface area contributed by atoms with Crippen molar-refractivity contribution in [2.75, 3.05) is 37.2 Å². The van der Waals surface area contributed by atoms with Crippen LogP contribution < -0.4 is 4.90 Å². The summed E-state index contributed by atoms with van der Waals surface area (Å²) < 4.78 is 24.0. The molecule has 1 saturated heterocycles.